The molecule has 3 heteroatoms. The highest BCUT2D eigenvalue weighted by atomic mass is 35.5. The van der Waals surface area contributed by atoms with Gasteiger partial charge in [0.05, 0.1) is 18.6 Å². The lowest BCUT2D eigenvalue weighted by Gasteiger charge is -2.04. The van der Waals surface area contributed by atoms with Crippen molar-refractivity contribution in [2.75, 3.05) is 6.61 Å². The number of halogens is 1. The van der Waals surface area contributed by atoms with Crippen molar-refractivity contribution >= 4 is 11.6 Å². The normalized spacial score (nSPS) is 12.1. The zero-order valence-electron chi connectivity index (χ0n) is 6.37. The predicted molar refractivity (Wildman–Crippen MR) is 46.9 cm³/mol. The van der Waals surface area contributed by atoms with Crippen LogP contribution in [0.1, 0.15) is 11.5 Å². The van der Waals surface area contributed by atoms with Crippen molar-refractivity contribution in [3.8, 4) is 6.07 Å². The van der Waals surface area contributed by atoms with Crippen LogP contribution in [0.15, 0.2) is 24.3 Å². The number of nitriles is 1. The molecule has 0 aliphatic rings. The molecule has 0 spiro atoms. The molecule has 0 radical (unpaired) electrons. The van der Waals surface area contributed by atoms with E-state index in [1.807, 2.05) is 6.07 Å². The van der Waals surface area contributed by atoms with Gasteiger partial charge in [0.15, 0.2) is 0 Å². The van der Waals surface area contributed by atoms with E-state index < -0.39 is 5.92 Å². The highest BCUT2D eigenvalue weighted by molar-refractivity contribution is 6.30. The fraction of sp³-hybridized carbons (Fsp3) is 0.222. The van der Waals surface area contributed by atoms with Crippen LogP contribution in [0, 0.1) is 11.3 Å². The molecule has 1 aromatic rings. The van der Waals surface area contributed by atoms with E-state index in [4.69, 9.17) is 22.0 Å². The van der Waals surface area contributed by atoms with Crippen molar-refractivity contribution in [1.82, 2.24) is 0 Å². The first-order chi connectivity index (χ1) is 5.77. The average Bonchev–Trinajstić information content (AvgIpc) is 2.10. The lowest BCUT2D eigenvalue weighted by Crippen LogP contribution is -2.00. The maximum Gasteiger partial charge on any atom is 0.0943 e. The van der Waals surface area contributed by atoms with Gasteiger partial charge in [-0.3, -0.25) is 0 Å². The number of aliphatic hydroxyl groups is 1. The highest BCUT2D eigenvalue weighted by Gasteiger charge is 2.07. The SMILES string of the molecule is N#CC(CO)c1ccc(Cl)cc1. The second-order valence-corrected chi connectivity index (χ2v) is 2.85. The molecule has 12 heavy (non-hydrogen) atoms. The third kappa shape index (κ3) is 1.97. The van der Waals surface area contributed by atoms with Crippen LogP contribution in [0.3, 0.4) is 0 Å². The van der Waals surface area contributed by atoms with Gasteiger partial charge in [0.25, 0.3) is 0 Å². The van der Waals surface area contributed by atoms with Gasteiger partial charge in [0.2, 0.25) is 0 Å². The molecule has 0 saturated heterocycles. The molecular formula is C9H8ClNO. The van der Waals surface area contributed by atoms with E-state index in [0.29, 0.717) is 5.02 Å². The summed E-state index contributed by atoms with van der Waals surface area (Å²) in [5, 5.41) is 18.0. The number of benzene rings is 1. The summed E-state index contributed by atoms with van der Waals surface area (Å²) >= 11 is 5.66. The van der Waals surface area contributed by atoms with Crippen LogP contribution in [-0.4, -0.2) is 11.7 Å². The van der Waals surface area contributed by atoms with E-state index in [9.17, 15) is 0 Å². The number of hydrogen-bond acceptors (Lipinski definition) is 2. The van der Waals surface area contributed by atoms with Crippen molar-refractivity contribution in [2.24, 2.45) is 0 Å². The van der Waals surface area contributed by atoms with Crippen LogP contribution in [0.2, 0.25) is 5.02 Å². The minimum absolute atomic E-state index is 0.155. The molecule has 1 unspecified atom stereocenters. The summed E-state index contributed by atoms with van der Waals surface area (Å²) < 4.78 is 0. The van der Waals surface area contributed by atoms with Crippen LogP contribution in [0.25, 0.3) is 0 Å². The minimum atomic E-state index is -0.442. The topological polar surface area (TPSA) is 44.0 Å². The van der Waals surface area contributed by atoms with Crippen LogP contribution >= 0.6 is 11.6 Å². The first kappa shape index (κ1) is 9.05. The molecule has 62 valence electrons. The molecule has 0 saturated carbocycles. The molecule has 0 amide bonds. The number of rotatable bonds is 2. The standard InChI is InChI=1S/C9H8ClNO/c10-9-3-1-7(2-4-9)8(5-11)6-12/h1-4,8,12H,6H2. The Labute approximate surface area is 76.0 Å². The maximum absolute atomic E-state index is 8.79. The van der Waals surface area contributed by atoms with Crippen molar-refractivity contribution < 1.29 is 5.11 Å². The fourth-order valence-corrected chi connectivity index (χ4v) is 1.04. The van der Waals surface area contributed by atoms with Gasteiger partial charge in [-0.25, -0.2) is 0 Å². The van der Waals surface area contributed by atoms with Gasteiger partial charge in [0, 0.05) is 5.02 Å². The predicted octanol–water partition coefficient (Wildman–Crippen LogP) is 1.94. The Hall–Kier alpha value is -1.04. The van der Waals surface area contributed by atoms with Crippen molar-refractivity contribution in [1.29, 1.82) is 5.26 Å². The minimum Gasteiger partial charge on any atom is -0.395 e. The van der Waals surface area contributed by atoms with Crippen LogP contribution in [0.4, 0.5) is 0 Å². The Morgan fingerprint density at radius 2 is 2.00 bits per heavy atom. The van der Waals surface area contributed by atoms with Gasteiger partial charge in [-0.05, 0) is 17.7 Å². The Morgan fingerprint density at radius 1 is 1.42 bits per heavy atom. The second kappa shape index (κ2) is 4.10. The number of nitrogens with zero attached hydrogens (tertiary/aromatic N) is 1. The molecule has 1 rings (SSSR count). The van der Waals surface area contributed by atoms with E-state index in [0.717, 1.165) is 5.56 Å². The van der Waals surface area contributed by atoms with E-state index in [1.165, 1.54) is 0 Å². The van der Waals surface area contributed by atoms with Crippen molar-refractivity contribution in [3.63, 3.8) is 0 Å². The highest BCUT2D eigenvalue weighted by Crippen LogP contribution is 2.16. The van der Waals surface area contributed by atoms with Crippen LogP contribution < -0.4 is 0 Å². The second-order valence-electron chi connectivity index (χ2n) is 2.42. The third-order valence-electron chi connectivity index (χ3n) is 1.61. The lowest BCUT2D eigenvalue weighted by molar-refractivity contribution is 0.286. The van der Waals surface area contributed by atoms with Gasteiger partial charge in [-0.15, -0.1) is 0 Å². The van der Waals surface area contributed by atoms with Crippen molar-refractivity contribution in [2.45, 2.75) is 5.92 Å². The Balaban J connectivity index is 2.89. The molecule has 0 fully saturated rings. The molecule has 1 atom stereocenters. The van der Waals surface area contributed by atoms with Crippen LogP contribution in [-0.2, 0) is 0 Å². The summed E-state index contributed by atoms with van der Waals surface area (Å²) in [6, 6.07) is 8.89. The van der Waals surface area contributed by atoms with E-state index >= 15 is 0 Å². The summed E-state index contributed by atoms with van der Waals surface area (Å²) in [7, 11) is 0. The monoisotopic (exact) mass is 181 g/mol. The Kier molecular flexibility index (Phi) is 3.09. The summed E-state index contributed by atoms with van der Waals surface area (Å²) in [5.74, 6) is -0.442. The summed E-state index contributed by atoms with van der Waals surface area (Å²) in [6.07, 6.45) is 0. The Bertz CT molecular complexity index is 288. The zero-order valence-corrected chi connectivity index (χ0v) is 7.12. The zero-order chi connectivity index (χ0) is 8.97. The first-order valence-corrected chi connectivity index (χ1v) is 3.91. The number of hydrogen-bond donors (Lipinski definition) is 1. The van der Waals surface area contributed by atoms with E-state index in [1.54, 1.807) is 24.3 Å². The van der Waals surface area contributed by atoms with Crippen LogP contribution in [0.5, 0.6) is 0 Å². The third-order valence-corrected chi connectivity index (χ3v) is 1.86. The summed E-state index contributed by atoms with van der Waals surface area (Å²) in [4.78, 5) is 0. The molecule has 1 N–H and O–H groups in total. The van der Waals surface area contributed by atoms with Gasteiger partial charge in [0.1, 0.15) is 0 Å². The molecule has 0 aromatic heterocycles. The summed E-state index contributed by atoms with van der Waals surface area (Å²) in [5.41, 5.74) is 0.796. The van der Waals surface area contributed by atoms with E-state index in [-0.39, 0.29) is 6.61 Å². The fourth-order valence-electron chi connectivity index (χ4n) is 0.916. The average molecular weight is 182 g/mol. The van der Waals surface area contributed by atoms with Gasteiger partial charge < -0.3 is 5.11 Å². The van der Waals surface area contributed by atoms with E-state index in [2.05, 4.69) is 0 Å². The molecule has 1 aromatic carbocycles. The molecule has 0 aliphatic carbocycles. The maximum atomic E-state index is 8.79. The quantitative estimate of drug-likeness (QED) is 0.758. The molecule has 0 aliphatic heterocycles. The molecule has 2 nitrogen and oxygen atoms in total. The van der Waals surface area contributed by atoms with Gasteiger partial charge >= 0.3 is 0 Å². The first-order valence-electron chi connectivity index (χ1n) is 3.54. The molecule has 0 bridgehead atoms. The van der Waals surface area contributed by atoms with Crippen molar-refractivity contribution in [3.05, 3.63) is 34.9 Å². The largest absolute Gasteiger partial charge is 0.395 e. The molecule has 0 heterocycles. The van der Waals surface area contributed by atoms with Gasteiger partial charge in [-0.1, -0.05) is 23.7 Å². The summed E-state index contributed by atoms with van der Waals surface area (Å²) in [6.45, 7) is -0.155. The van der Waals surface area contributed by atoms with Gasteiger partial charge in [-0.2, -0.15) is 5.26 Å². The molecular weight excluding hydrogens is 174 g/mol. The smallest absolute Gasteiger partial charge is 0.0943 e. The Morgan fingerprint density at radius 3 is 2.42 bits per heavy atom. The number of aliphatic hydroxyl groups excluding tert-OH is 1. The lowest BCUT2D eigenvalue weighted by atomic mass is 10.0.